The number of aromatic nitrogens is 2. The third-order valence-electron chi connectivity index (χ3n) is 3.57. The Morgan fingerprint density at radius 3 is 2.42 bits per heavy atom. The smallest absolute Gasteiger partial charge is 0.305 e. The fourth-order valence-corrected chi connectivity index (χ4v) is 2.65. The van der Waals surface area contributed by atoms with E-state index in [1.54, 1.807) is 28.7 Å². The van der Waals surface area contributed by atoms with E-state index in [0.717, 1.165) is 10.5 Å². The summed E-state index contributed by atoms with van der Waals surface area (Å²) in [6.45, 7) is 3.93. The quantitative estimate of drug-likeness (QED) is 0.752. The summed E-state index contributed by atoms with van der Waals surface area (Å²) in [4.78, 5) is 24.6. The summed E-state index contributed by atoms with van der Waals surface area (Å²) >= 11 is 1.60. The van der Waals surface area contributed by atoms with Gasteiger partial charge in [-0.15, -0.1) is 11.8 Å². The van der Waals surface area contributed by atoms with Gasteiger partial charge in [-0.1, -0.05) is 12.1 Å². The molecule has 6 nitrogen and oxygen atoms in total. The number of amides is 1. The van der Waals surface area contributed by atoms with E-state index >= 15 is 0 Å². The van der Waals surface area contributed by atoms with Crippen molar-refractivity contribution in [2.24, 2.45) is 0 Å². The van der Waals surface area contributed by atoms with Crippen LogP contribution in [-0.2, 0) is 4.79 Å². The topological polar surface area (TPSA) is 84.2 Å². The summed E-state index contributed by atoms with van der Waals surface area (Å²) in [5.74, 6) is -1.35. The van der Waals surface area contributed by atoms with E-state index in [1.165, 1.54) is 0 Å². The fraction of sp³-hybridized carbons (Fsp3) is 0.353. The molecule has 24 heavy (non-hydrogen) atoms. The van der Waals surface area contributed by atoms with E-state index < -0.39 is 12.0 Å². The lowest BCUT2D eigenvalue weighted by molar-refractivity contribution is -0.137. The van der Waals surface area contributed by atoms with Gasteiger partial charge in [0.1, 0.15) is 5.69 Å². The largest absolute Gasteiger partial charge is 0.481 e. The maximum atomic E-state index is 12.4. The van der Waals surface area contributed by atoms with Crippen molar-refractivity contribution in [3.05, 3.63) is 47.8 Å². The molecular weight excluding hydrogens is 326 g/mol. The molecule has 1 heterocycles. The van der Waals surface area contributed by atoms with Crippen LogP contribution < -0.4 is 5.32 Å². The molecule has 0 spiro atoms. The number of nitrogens with zero attached hydrogens (tertiary/aromatic N) is 2. The van der Waals surface area contributed by atoms with Crippen molar-refractivity contribution in [3.63, 3.8) is 0 Å². The zero-order valence-electron chi connectivity index (χ0n) is 13.9. The fourth-order valence-electron chi connectivity index (χ4n) is 2.24. The van der Waals surface area contributed by atoms with Gasteiger partial charge in [0, 0.05) is 17.1 Å². The lowest BCUT2D eigenvalue weighted by Gasteiger charge is -2.17. The van der Waals surface area contributed by atoms with Crippen LogP contribution in [0.2, 0.25) is 0 Å². The number of hydrogen-bond acceptors (Lipinski definition) is 4. The Hall–Kier alpha value is -2.28. The summed E-state index contributed by atoms with van der Waals surface area (Å²) in [6.07, 6.45) is 3.52. The first-order chi connectivity index (χ1) is 11.4. The molecule has 0 bridgehead atoms. The highest BCUT2D eigenvalue weighted by molar-refractivity contribution is 7.98. The van der Waals surface area contributed by atoms with Gasteiger partial charge in [0.25, 0.3) is 5.91 Å². The first-order valence-corrected chi connectivity index (χ1v) is 8.85. The molecule has 2 rings (SSSR count). The van der Waals surface area contributed by atoms with E-state index in [1.807, 2.05) is 44.4 Å². The highest BCUT2D eigenvalue weighted by atomic mass is 32.2. The highest BCUT2D eigenvalue weighted by Crippen LogP contribution is 2.22. The van der Waals surface area contributed by atoms with Crippen LogP contribution in [0.5, 0.6) is 0 Å². The molecule has 2 N–H and O–H groups in total. The third kappa shape index (κ3) is 4.61. The predicted molar refractivity (Wildman–Crippen MR) is 93.3 cm³/mol. The molecule has 7 heteroatoms. The second kappa shape index (κ2) is 8.01. The molecule has 1 aromatic heterocycles. The van der Waals surface area contributed by atoms with Gasteiger partial charge in [0.2, 0.25) is 0 Å². The van der Waals surface area contributed by atoms with Gasteiger partial charge < -0.3 is 10.4 Å². The van der Waals surface area contributed by atoms with Crippen molar-refractivity contribution in [3.8, 4) is 0 Å². The van der Waals surface area contributed by atoms with Crippen LogP contribution in [0.1, 0.15) is 48.4 Å². The van der Waals surface area contributed by atoms with Gasteiger partial charge in [0.15, 0.2) is 0 Å². The van der Waals surface area contributed by atoms with Gasteiger partial charge in [-0.2, -0.15) is 5.10 Å². The molecule has 0 saturated carbocycles. The molecule has 0 saturated heterocycles. The molecule has 0 radical (unpaired) electrons. The monoisotopic (exact) mass is 347 g/mol. The average Bonchev–Trinajstić information content (AvgIpc) is 3.04. The second-order valence-electron chi connectivity index (χ2n) is 5.67. The summed E-state index contributed by atoms with van der Waals surface area (Å²) in [5.41, 5.74) is 1.03. The van der Waals surface area contributed by atoms with E-state index in [2.05, 4.69) is 10.4 Å². The Morgan fingerprint density at radius 2 is 1.92 bits per heavy atom. The molecule has 2 aromatic rings. The maximum Gasteiger partial charge on any atom is 0.305 e. The number of thioether (sulfide) groups is 1. The van der Waals surface area contributed by atoms with E-state index in [9.17, 15) is 9.59 Å². The van der Waals surface area contributed by atoms with Crippen molar-refractivity contribution < 1.29 is 14.7 Å². The summed E-state index contributed by atoms with van der Waals surface area (Å²) < 4.78 is 1.69. The molecule has 128 valence electrons. The molecule has 1 atom stereocenters. The molecule has 0 aliphatic rings. The molecule has 1 amide bonds. The van der Waals surface area contributed by atoms with E-state index in [4.69, 9.17) is 5.11 Å². The molecule has 0 aliphatic carbocycles. The number of carbonyl (C=O) groups is 2. The summed E-state index contributed by atoms with van der Waals surface area (Å²) in [7, 11) is 0. The predicted octanol–water partition coefficient (Wildman–Crippen LogP) is 3.13. The molecule has 0 aliphatic heterocycles. The Balaban J connectivity index is 2.17. The minimum Gasteiger partial charge on any atom is -0.481 e. The normalized spacial score (nSPS) is 12.2. The van der Waals surface area contributed by atoms with E-state index in [-0.39, 0.29) is 24.1 Å². The van der Waals surface area contributed by atoms with E-state index in [0.29, 0.717) is 0 Å². The number of benzene rings is 1. The van der Waals surface area contributed by atoms with Gasteiger partial charge in [-0.3, -0.25) is 14.3 Å². The lowest BCUT2D eigenvalue weighted by Crippen LogP contribution is -2.30. The van der Waals surface area contributed by atoms with Crippen LogP contribution in [0.3, 0.4) is 0 Å². The standard InChI is InChI=1S/C17H21N3O3S/c1-11(2)20-9-8-14(19-20)17(23)18-15(10-16(21)22)12-4-6-13(24-3)7-5-12/h4-9,11,15H,10H2,1-3H3,(H,18,23)(H,21,22). The highest BCUT2D eigenvalue weighted by Gasteiger charge is 2.20. The summed E-state index contributed by atoms with van der Waals surface area (Å²) in [5, 5.41) is 16.1. The number of aliphatic carboxylic acids is 1. The number of nitrogens with one attached hydrogen (secondary N) is 1. The second-order valence-corrected chi connectivity index (χ2v) is 6.55. The van der Waals surface area contributed by atoms with Crippen molar-refractivity contribution in [2.45, 2.75) is 37.2 Å². The summed E-state index contributed by atoms with van der Waals surface area (Å²) in [6, 6.07) is 8.68. The third-order valence-corrected chi connectivity index (χ3v) is 4.32. The SMILES string of the molecule is CSc1ccc(C(CC(=O)O)NC(=O)c2ccn(C(C)C)n2)cc1. The Kier molecular flexibility index (Phi) is 6.03. The first kappa shape index (κ1) is 18.1. The van der Waals surface area contributed by atoms with Crippen LogP contribution >= 0.6 is 11.8 Å². The van der Waals surface area contributed by atoms with Crippen molar-refractivity contribution in [1.82, 2.24) is 15.1 Å². The Labute approximate surface area is 145 Å². The molecule has 0 fully saturated rings. The average molecular weight is 347 g/mol. The number of carboxylic acid groups (broad SMARTS) is 1. The molecule has 1 aromatic carbocycles. The number of rotatable bonds is 7. The van der Waals surface area contributed by atoms with Gasteiger partial charge in [-0.25, -0.2) is 0 Å². The minimum absolute atomic E-state index is 0.153. The van der Waals surface area contributed by atoms with Gasteiger partial charge in [-0.05, 0) is 43.9 Å². The van der Waals surface area contributed by atoms with Crippen molar-refractivity contribution >= 4 is 23.6 Å². The number of hydrogen-bond donors (Lipinski definition) is 2. The number of carbonyl (C=O) groups excluding carboxylic acids is 1. The molecular formula is C17H21N3O3S. The first-order valence-electron chi connectivity index (χ1n) is 7.62. The Morgan fingerprint density at radius 1 is 1.25 bits per heavy atom. The van der Waals surface area contributed by atoms with Gasteiger partial charge >= 0.3 is 5.97 Å². The lowest BCUT2D eigenvalue weighted by atomic mass is 10.0. The van der Waals surface area contributed by atoms with Gasteiger partial charge in [0.05, 0.1) is 12.5 Å². The van der Waals surface area contributed by atoms with Crippen LogP contribution in [0.25, 0.3) is 0 Å². The minimum atomic E-state index is -0.970. The van der Waals surface area contributed by atoms with Crippen molar-refractivity contribution in [1.29, 1.82) is 0 Å². The van der Waals surface area contributed by atoms with Crippen molar-refractivity contribution in [2.75, 3.05) is 6.26 Å². The zero-order valence-corrected chi connectivity index (χ0v) is 14.7. The number of carboxylic acids is 1. The van der Waals surface area contributed by atoms with Crippen LogP contribution in [0.15, 0.2) is 41.4 Å². The van der Waals surface area contributed by atoms with Crippen LogP contribution in [-0.4, -0.2) is 33.0 Å². The maximum absolute atomic E-state index is 12.4. The van der Waals surface area contributed by atoms with Crippen LogP contribution in [0, 0.1) is 0 Å². The van der Waals surface area contributed by atoms with Crippen LogP contribution in [0.4, 0.5) is 0 Å². The zero-order chi connectivity index (χ0) is 17.7. The molecule has 1 unspecified atom stereocenters. The Bertz CT molecular complexity index is 710.